The van der Waals surface area contributed by atoms with Crippen molar-refractivity contribution in [2.75, 3.05) is 13.1 Å². The molecular formula is C15H22N2O4S. The first-order valence-corrected chi connectivity index (χ1v) is 9.47. The molecule has 0 aromatic carbocycles. The standard InChI is InChI=1S/C15H22N2O4S/c1-10-14(11(2)21-16-10)15(18)17-8-13(9-17)22(19,20)12-6-4-3-5-7-12/h12-13H,3-9H2,1-2H3. The van der Waals surface area contributed by atoms with Crippen molar-refractivity contribution in [2.24, 2.45) is 0 Å². The summed E-state index contributed by atoms with van der Waals surface area (Å²) in [5.41, 5.74) is 1.02. The minimum absolute atomic E-state index is 0.175. The number of rotatable bonds is 3. The zero-order valence-electron chi connectivity index (χ0n) is 13.0. The van der Waals surface area contributed by atoms with Gasteiger partial charge in [0.2, 0.25) is 0 Å². The third-order valence-corrected chi connectivity index (χ3v) is 7.49. The highest BCUT2D eigenvalue weighted by Crippen LogP contribution is 2.30. The zero-order chi connectivity index (χ0) is 15.9. The molecule has 0 spiro atoms. The lowest BCUT2D eigenvalue weighted by Crippen LogP contribution is -2.58. The minimum atomic E-state index is -3.11. The highest BCUT2D eigenvalue weighted by molar-refractivity contribution is 7.92. The fourth-order valence-electron chi connectivity index (χ4n) is 3.42. The summed E-state index contributed by atoms with van der Waals surface area (Å²) in [6.45, 7) is 4.01. The topological polar surface area (TPSA) is 80.5 Å². The Morgan fingerprint density at radius 2 is 1.77 bits per heavy atom. The Labute approximate surface area is 130 Å². The van der Waals surface area contributed by atoms with E-state index in [9.17, 15) is 13.2 Å². The van der Waals surface area contributed by atoms with Crippen LogP contribution in [0.1, 0.15) is 53.9 Å². The van der Waals surface area contributed by atoms with Crippen molar-refractivity contribution >= 4 is 15.7 Å². The molecule has 2 aliphatic rings. The Hall–Kier alpha value is -1.37. The van der Waals surface area contributed by atoms with Crippen molar-refractivity contribution in [3.8, 4) is 0 Å². The average molecular weight is 326 g/mol. The first-order chi connectivity index (χ1) is 10.4. The molecule has 1 aliphatic heterocycles. The summed E-state index contributed by atoms with van der Waals surface area (Å²) in [7, 11) is -3.11. The van der Waals surface area contributed by atoms with Crippen LogP contribution in [0.5, 0.6) is 0 Å². The van der Waals surface area contributed by atoms with Gasteiger partial charge in [0.05, 0.1) is 16.2 Å². The Morgan fingerprint density at radius 3 is 2.32 bits per heavy atom. The van der Waals surface area contributed by atoms with Crippen molar-refractivity contribution in [1.82, 2.24) is 10.1 Å². The number of amides is 1. The highest BCUT2D eigenvalue weighted by atomic mass is 32.2. The van der Waals surface area contributed by atoms with E-state index >= 15 is 0 Å². The number of nitrogens with zero attached hydrogens (tertiary/aromatic N) is 2. The van der Waals surface area contributed by atoms with Crippen molar-refractivity contribution in [3.05, 3.63) is 17.0 Å². The van der Waals surface area contributed by atoms with E-state index in [-0.39, 0.29) is 11.2 Å². The third kappa shape index (κ3) is 2.55. The number of hydrogen-bond acceptors (Lipinski definition) is 5. The molecule has 0 bridgehead atoms. The van der Waals surface area contributed by atoms with Crippen LogP contribution in [0.3, 0.4) is 0 Å². The SMILES string of the molecule is Cc1noc(C)c1C(=O)N1CC(S(=O)(=O)C2CCCCC2)C1. The largest absolute Gasteiger partial charge is 0.361 e. The monoisotopic (exact) mass is 326 g/mol. The van der Waals surface area contributed by atoms with E-state index in [2.05, 4.69) is 5.16 Å². The molecule has 1 aliphatic carbocycles. The van der Waals surface area contributed by atoms with Gasteiger partial charge in [-0.05, 0) is 26.7 Å². The van der Waals surface area contributed by atoms with Gasteiger partial charge in [0.15, 0.2) is 9.84 Å². The average Bonchev–Trinajstić information content (AvgIpc) is 2.77. The summed E-state index contributed by atoms with van der Waals surface area (Å²) in [5, 5.41) is 3.17. The maximum atomic E-state index is 12.6. The zero-order valence-corrected chi connectivity index (χ0v) is 13.9. The summed E-state index contributed by atoms with van der Waals surface area (Å²) in [6.07, 6.45) is 4.68. The van der Waals surface area contributed by atoms with Gasteiger partial charge in [0.25, 0.3) is 5.91 Å². The number of carbonyl (C=O) groups excluding carboxylic acids is 1. The second kappa shape index (κ2) is 5.68. The number of carbonyl (C=O) groups is 1. The minimum Gasteiger partial charge on any atom is -0.361 e. The summed E-state index contributed by atoms with van der Waals surface area (Å²) < 4.78 is 30.2. The second-order valence-electron chi connectivity index (χ2n) is 6.38. The Bertz CT molecular complexity index is 648. The summed E-state index contributed by atoms with van der Waals surface area (Å²) in [5.74, 6) is 0.312. The first-order valence-electron chi connectivity index (χ1n) is 7.86. The Morgan fingerprint density at radius 1 is 1.14 bits per heavy atom. The maximum Gasteiger partial charge on any atom is 0.259 e. The van der Waals surface area contributed by atoms with Crippen LogP contribution in [0.25, 0.3) is 0 Å². The van der Waals surface area contributed by atoms with E-state index in [0.29, 0.717) is 30.1 Å². The van der Waals surface area contributed by atoms with Gasteiger partial charge in [-0.1, -0.05) is 24.4 Å². The van der Waals surface area contributed by atoms with E-state index in [1.54, 1.807) is 18.7 Å². The van der Waals surface area contributed by atoms with Crippen LogP contribution in [0, 0.1) is 13.8 Å². The van der Waals surface area contributed by atoms with E-state index in [0.717, 1.165) is 32.1 Å². The van der Waals surface area contributed by atoms with Crippen LogP contribution in [0.15, 0.2) is 4.52 Å². The predicted octanol–water partition coefficient (Wildman–Crippen LogP) is 1.86. The summed E-state index contributed by atoms with van der Waals surface area (Å²) >= 11 is 0. The highest BCUT2D eigenvalue weighted by Gasteiger charge is 2.44. The van der Waals surface area contributed by atoms with Gasteiger partial charge in [-0.2, -0.15) is 0 Å². The smallest absolute Gasteiger partial charge is 0.259 e. The molecule has 1 saturated carbocycles. The number of hydrogen-bond donors (Lipinski definition) is 0. The van der Waals surface area contributed by atoms with Crippen LogP contribution in [-0.4, -0.2) is 48.0 Å². The fraction of sp³-hybridized carbons (Fsp3) is 0.733. The molecule has 0 atom stereocenters. The third-order valence-electron chi connectivity index (χ3n) is 4.86. The maximum absolute atomic E-state index is 12.6. The van der Waals surface area contributed by atoms with Crippen LogP contribution in [0.2, 0.25) is 0 Å². The fourth-order valence-corrected chi connectivity index (χ4v) is 5.73. The molecule has 1 amide bonds. The number of sulfone groups is 1. The summed E-state index contributed by atoms with van der Waals surface area (Å²) in [4.78, 5) is 14.0. The van der Waals surface area contributed by atoms with E-state index < -0.39 is 15.1 Å². The molecule has 6 nitrogen and oxygen atoms in total. The Balaban J connectivity index is 1.65. The van der Waals surface area contributed by atoms with E-state index in [1.807, 2.05) is 0 Å². The second-order valence-corrected chi connectivity index (χ2v) is 8.89. The normalized spacial score (nSPS) is 20.9. The molecule has 3 rings (SSSR count). The molecule has 2 heterocycles. The lowest BCUT2D eigenvalue weighted by molar-refractivity contribution is 0.0655. The molecular weight excluding hydrogens is 304 g/mol. The molecule has 7 heteroatoms. The van der Waals surface area contributed by atoms with Gasteiger partial charge < -0.3 is 9.42 Å². The van der Waals surface area contributed by atoms with Gasteiger partial charge in [0, 0.05) is 13.1 Å². The molecule has 2 fully saturated rings. The summed E-state index contributed by atoms with van der Waals surface area (Å²) in [6, 6.07) is 0. The van der Waals surface area contributed by atoms with Gasteiger partial charge in [0.1, 0.15) is 11.3 Å². The van der Waals surface area contributed by atoms with Crippen LogP contribution < -0.4 is 0 Å². The predicted molar refractivity (Wildman–Crippen MR) is 81.5 cm³/mol. The van der Waals surface area contributed by atoms with E-state index in [4.69, 9.17) is 4.52 Å². The van der Waals surface area contributed by atoms with Gasteiger partial charge in [-0.25, -0.2) is 8.42 Å². The van der Waals surface area contributed by atoms with Crippen LogP contribution in [-0.2, 0) is 9.84 Å². The van der Waals surface area contributed by atoms with Crippen LogP contribution in [0.4, 0.5) is 0 Å². The molecule has 0 unspecified atom stereocenters. The molecule has 1 aromatic rings. The van der Waals surface area contributed by atoms with Crippen molar-refractivity contribution in [3.63, 3.8) is 0 Å². The molecule has 1 aromatic heterocycles. The molecule has 22 heavy (non-hydrogen) atoms. The lowest BCUT2D eigenvalue weighted by atomic mass is 10.0. The van der Waals surface area contributed by atoms with Crippen molar-refractivity contribution < 1.29 is 17.7 Å². The Kier molecular flexibility index (Phi) is 4.01. The van der Waals surface area contributed by atoms with Gasteiger partial charge >= 0.3 is 0 Å². The molecule has 1 saturated heterocycles. The lowest BCUT2D eigenvalue weighted by Gasteiger charge is -2.40. The molecule has 0 N–H and O–H groups in total. The number of aromatic nitrogens is 1. The number of likely N-dealkylation sites (tertiary alicyclic amines) is 1. The van der Waals surface area contributed by atoms with Crippen molar-refractivity contribution in [1.29, 1.82) is 0 Å². The van der Waals surface area contributed by atoms with Gasteiger partial charge in [-0.15, -0.1) is 0 Å². The van der Waals surface area contributed by atoms with Crippen LogP contribution >= 0.6 is 0 Å². The van der Waals surface area contributed by atoms with Gasteiger partial charge in [-0.3, -0.25) is 4.79 Å². The van der Waals surface area contributed by atoms with E-state index in [1.165, 1.54) is 0 Å². The quantitative estimate of drug-likeness (QED) is 0.847. The molecule has 0 radical (unpaired) electrons. The molecule has 122 valence electrons. The van der Waals surface area contributed by atoms with Crippen molar-refractivity contribution in [2.45, 2.75) is 56.5 Å². The first kappa shape index (κ1) is 15.5. The number of aryl methyl sites for hydroxylation is 2.